The molecular formula is C22H26F2N2O3S. The van der Waals surface area contributed by atoms with E-state index in [-0.39, 0.29) is 12.5 Å². The minimum absolute atomic E-state index is 0.270. The number of nitrogens with one attached hydrogen (secondary N) is 1. The normalized spacial score (nSPS) is 11.3. The third kappa shape index (κ3) is 7.33. The molecule has 2 amide bonds. The number of thioether (sulfide) groups is 1. The van der Waals surface area contributed by atoms with E-state index < -0.39 is 17.5 Å². The Kier molecular flexibility index (Phi) is 8.23. The van der Waals surface area contributed by atoms with Gasteiger partial charge in [-0.05, 0) is 63.6 Å². The molecule has 1 N–H and O–H groups in total. The Morgan fingerprint density at radius 2 is 1.73 bits per heavy atom. The van der Waals surface area contributed by atoms with Crippen molar-refractivity contribution >= 4 is 29.4 Å². The van der Waals surface area contributed by atoms with Crippen LogP contribution in [0.4, 0.5) is 19.3 Å². The molecule has 0 aromatic heterocycles. The summed E-state index contributed by atoms with van der Waals surface area (Å²) in [4.78, 5) is 27.0. The molecule has 8 heteroatoms. The van der Waals surface area contributed by atoms with Crippen LogP contribution >= 0.6 is 11.8 Å². The summed E-state index contributed by atoms with van der Waals surface area (Å²) in [6, 6.07) is 13.2. The van der Waals surface area contributed by atoms with Crippen LogP contribution in [0.15, 0.2) is 53.4 Å². The number of carbonyl (C=O) groups excluding carboxylic acids is 2. The number of amides is 2. The van der Waals surface area contributed by atoms with Gasteiger partial charge in [0.1, 0.15) is 5.60 Å². The Morgan fingerprint density at radius 3 is 2.30 bits per heavy atom. The molecule has 5 nitrogen and oxygen atoms in total. The highest BCUT2D eigenvalue weighted by atomic mass is 32.2. The fourth-order valence-electron chi connectivity index (χ4n) is 2.60. The molecule has 162 valence electrons. The number of carbonyl (C=O) groups is 2. The summed E-state index contributed by atoms with van der Waals surface area (Å²) in [6.07, 6.45) is -0.432. The van der Waals surface area contributed by atoms with Gasteiger partial charge in [-0.3, -0.25) is 4.79 Å². The molecule has 0 unspecified atom stereocenters. The van der Waals surface area contributed by atoms with Crippen LogP contribution in [-0.4, -0.2) is 34.8 Å². The van der Waals surface area contributed by atoms with Crippen molar-refractivity contribution in [2.45, 2.75) is 50.5 Å². The number of anilines is 1. The second-order valence-corrected chi connectivity index (χ2v) is 8.57. The third-order valence-corrected chi connectivity index (χ3v) is 4.72. The molecule has 0 radical (unpaired) electrons. The third-order valence-electron chi connectivity index (χ3n) is 4.00. The van der Waals surface area contributed by atoms with E-state index in [1.54, 1.807) is 37.8 Å². The zero-order chi connectivity index (χ0) is 22.3. The van der Waals surface area contributed by atoms with Crippen LogP contribution < -0.4 is 5.32 Å². The van der Waals surface area contributed by atoms with Crippen LogP contribution in [-0.2, 0) is 11.3 Å². The highest BCUT2D eigenvalue weighted by Gasteiger charge is 2.22. The van der Waals surface area contributed by atoms with Gasteiger partial charge in [0.05, 0.1) is 6.54 Å². The second kappa shape index (κ2) is 10.4. The fourth-order valence-corrected chi connectivity index (χ4v) is 3.10. The summed E-state index contributed by atoms with van der Waals surface area (Å²) in [7, 11) is 0. The topological polar surface area (TPSA) is 58.6 Å². The maximum atomic E-state index is 12.6. The number of halogens is 2. The highest BCUT2D eigenvalue weighted by Crippen LogP contribution is 2.26. The average molecular weight is 437 g/mol. The molecular weight excluding hydrogens is 410 g/mol. The maximum Gasteiger partial charge on any atom is 0.410 e. The summed E-state index contributed by atoms with van der Waals surface area (Å²) >= 11 is 0.427. The van der Waals surface area contributed by atoms with Crippen LogP contribution in [0.2, 0.25) is 0 Å². The first-order chi connectivity index (χ1) is 14.1. The Balaban J connectivity index is 2.12. The smallest absolute Gasteiger partial charge is 0.410 e. The monoisotopic (exact) mass is 436 g/mol. The van der Waals surface area contributed by atoms with Gasteiger partial charge in [0, 0.05) is 22.7 Å². The molecule has 0 saturated carbocycles. The van der Waals surface area contributed by atoms with E-state index in [0.717, 1.165) is 5.56 Å². The summed E-state index contributed by atoms with van der Waals surface area (Å²) in [6.45, 7) is 7.98. The van der Waals surface area contributed by atoms with E-state index in [0.29, 0.717) is 34.5 Å². The first kappa shape index (κ1) is 23.7. The van der Waals surface area contributed by atoms with Crippen molar-refractivity contribution in [1.29, 1.82) is 0 Å². The van der Waals surface area contributed by atoms with Gasteiger partial charge < -0.3 is 15.0 Å². The number of rotatable bonds is 7. The molecule has 0 heterocycles. The molecule has 30 heavy (non-hydrogen) atoms. The number of alkyl halides is 2. The Hall–Kier alpha value is -2.61. The van der Waals surface area contributed by atoms with Crippen molar-refractivity contribution in [2.24, 2.45) is 0 Å². The Labute approximate surface area is 179 Å². The lowest BCUT2D eigenvalue weighted by Gasteiger charge is -2.27. The zero-order valence-electron chi connectivity index (χ0n) is 17.4. The van der Waals surface area contributed by atoms with E-state index in [9.17, 15) is 18.4 Å². The zero-order valence-corrected chi connectivity index (χ0v) is 18.3. The van der Waals surface area contributed by atoms with Gasteiger partial charge in [0.2, 0.25) is 0 Å². The van der Waals surface area contributed by atoms with E-state index in [4.69, 9.17) is 4.74 Å². The molecule has 0 atom stereocenters. The number of hydrogen-bond acceptors (Lipinski definition) is 4. The van der Waals surface area contributed by atoms with Crippen LogP contribution in [0.25, 0.3) is 0 Å². The van der Waals surface area contributed by atoms with Gasteiger partial charge in [-0.15, -0.1) is 0 Å². The molecule has 0 spiro atoms. The standard InChI is InChI=1S/C22H26F2N2O3S/c1-5-26(21(28)29-22(2,3)4)14-16-8-6-7-9-18(16)25-19(27)15-10-12-17(13-11-15)30-20(23)24/h6-13,20H,5,14H2,1-4H3,(H,25,27). The molecule has 2 aromatic rings. The average Bonchev–Trinajstić information content (AvgIpc) is 2.65. The van der Waals surface area contributed by atoms with Gasteiger partial charge in [-0.2, -0.15) is 8.78 Å². The predicted molar refractivity (Wildman–Crippen MR) is 115 cm³/mol. The first-order valence-corrected chi connectivity index (χ1v) is 10.4. The van der Waals surface area contributed by atoms with E-state index >= 15 is 0 Å². The van der Waals surface area contributed by atoms with E-state index in [2.05, 4.69) is 5.32 Å². The lowest BCUT2D eigenvalue weighted by atomic mass is 10.1. The molecule has 0 saturated heterocycles. The predicted octanol–water partition coefficient (Wildman–Crippen LogP) is 6.01. The van der Waals surface area contributed by atoms with Crippen LogP contribution in [0.5, 0.6) is 0 Å². The quantitative estimate of drug-likeness (QED) is 0.540. The number of nitrogens with zero attached hydrogens (tertiary/aromatic N) is 1. The highest BCUT2D eigenvalue weighted by molar-refractivity contribution is 7.99. The minimum atomic E-state index is -2.51. The Bertz CT molecular complexity index is 867. The molecule has 0 fully saturated rings. The van der Waals surface area contributed by atoms with Gasteiger partial charge in [-0.25, -0.2) is 4.79 Å². The van der Waals surface area contributed by atoms with Crippen molar-refractivity contribution in [3.8, 4) is 0 Å². The lowest BCUT2D eigenvalue weighted by Crippen LogP contribution is -2.36. The SMILES string of the molecule is CCN(Cc1ccccc1NC(=O)c1ccc(SC(F)F)cc1)C(=O)OC(C)(C)C. The van der Waals surface area contributed by atoms with Crippen molar-refractivity contribution in [2.75, 3.05) is 11.9 Å². The van der Waals surface area contributed by atoms with Gasteiger partial charge in [0.15, 0.2) is 0 Å². The van der Waals surface area contributed by atoms with Crippen molar-refractivity contribution in [3.05, 3.63) is 59.7 Å². The summed E-state index contributed by atoms with van der Waals surface area (Å²) in [5.41, 5.74) is 1.06. The molecule has 2 rings (SSSR count). The fraction of sp³-hybridized carbons (Fsp3) is 0.364. The minimum Gasteiger partial charge on any atom is -0.444 e. The molecule has 2 aromatic carbocycles. The number of benzene rings is 2. The van der Waals surface area contributed by atoms with Crippen molar-refractivity contribution < 1.29 is 23.1 Å². The largest absolute Gasteiger partial charge is 0.444 e. The number of ether oxygens (including phenoxy) is 1. The summed E-state index contributed by atoms with van der Waals surface area (Å²) in [5, 5.41) is 2.83. The van der Waals surface area contributed by atoms with Gasteiger partial charge >= 0.3 is 6.09 Å². The Morgan fingerprint density at radius 1 is 1.10 bits per heavy atom. The van der Waals surface area contributed by atoms with Gasteiger partial charge in [-0.1, -0.05) is 30.0 Å². The summed E-state index contributed by atoms with van der Waals surface area (Å²) < 4.78 is 30.3. The maximum absolute atomic E-state index is 12.6. The second-order valence-electron chi connectivity index (χ2n) is 7.51. The van der Waals surface area contributed by atoms with Crippen molar-refractivity contribution in [3.63, 3.8) is 0 Å². The van der Waals surface area contributed by atoms with Gasteiger partial charge in [0.25, 0.3) is 11.7 Å². The molecule has 0 bridgehead atoms. The van der Waals surface area contributed by atoms with Crippen LogP contribution in [0.3, 0.4) is 0 Å². The lowest BCUT2D eigenvalue weighted by molar-refractivity contribution is 0.0245. The molecule has 0 aliphatic carbocycles. The van der Waals surface area contributed by atoms with Crippen molar-refractivity contribution in [1.82, 2.24) is 4.90 Å². The van der Waals surface area contributed by atoms with Crippen LogP contribution in [0.1, 0.15) is 43.6 Å². The molecule has 0 aliphatic rings. The van der Waals surface area contributed by atoms with Crippen LogP contribution in [0, 0.1) is 0 Å². The summed E-state index contributed by atoms with van der Waals surface area (Å²) in [5.74, 6) is -2.88. The van der Waals surface area contributed by atoms with E-state index in [1.807, 2.05) is 19.1 Å². The number of hydrogen-bond donors (Lipinski definition) is 1. The first-order valence-electron chi connectivity index (χ1n) is 9.51. The van der Waals surface area contributed by atoms with E-state index in [1.165, 1.54) is 24.3 Å². The number of para-hydroxylation sites is 1. The molecule has 0 aliphatic heterocycles.